The summed E-state index contributed by atoms with van der Waals surface area (Å²) in [6.45, 7) is 3.30. The van der Waals surface area contributed by atoms with Gasteiger partial charge in [0, 0.05) is 23.7 Å². The van der Waals surface area contributed by atoms with Crippen LogP contribution in [0.1, 0.15) is 43.0 Å². The van der Waals surface area contributed by atoms with Gasteiger partial charge < -0.3 is 0 Å². The number of nitrogens with zero attached hydrogens (tertiary/aromatic N) is 7. The Labute approximate surface area is 209 Å². The molecule has 8 heteroatoms. The summed E-state index contributed by atoms with van der Waals surface area (Å²) in [6, 6.07) is 22.1. The SMILES string of the molecule is CCCCCc1cn(Cc2ccccc2)c(=O)n1Cc1ccc(-c2ncccc2-n2cnnn2)cc1. The van der Waals surface area contributed by atoms with Crippen molar-refractivity contribution in [2.45, 2.75) is 45.7 Å². The minimum Gasteiger partial charge on any atom is -0.295 e. The summed E-state index contributed by atoms with van der Waals surface area (Å²) in [5, 5.41) is 11.5. The molecule has 0 fully saturated rings. The molecule has 5 rings (SSSR count). The van der Waals surface area contributed by atoms with Crippen LogP contribution in [0.4, 0.5) is 0 Å². The maximum Gasteiger partial charge on any atom is 0.328 e. The average molecular weight is 480 g/mol. The van der Waals surface area contributed by atoms with Crippen LogP contribution in [0, 0.1) is 0 Å². The number of hydrogen-bond acceptors (Lipinski definition) is 5. The molecular formula is C28H29N7O. The van der Waals surface area contributed by atoms with Crippen LogP contribution in [0.15, 0.2) is 90.2 Å². The maximum atomic E-state index is 13.4. The molecule has 0 saturated carbocycles. The fourth-order valence-corrected chi connectivity index (χ4v) is 4.43. The van der Waals surface area contributed by atoms with E-state index >= 15 is 0 Å². The number of aromatic nitrogens is 7. The van der Waals surface area contributed by atoms with E-state index in [-0.39, 0.29) is 5.69 Å². The molecule has 3 aromatic heterocycles. The first-order valence-electron chi connectivity index (χ1n) is 12.3. The van der Waals surface area contributed by atoms with Crippen LogP contribution in [0.3, 0.4) is 0 Å². The van der Waals surface area contributed by atoms with Crippen LogP contribution in [0.2, 0.25) is 0 Å². The highest BCUT2D eigenvalue weighted by Crippen LogP contribution is 2.24. The van der Waals surface area contributed by atoms with Gasteiger partial charge in [-0.15, -0.1) is 5.10 Å². The molecule has 2 aromatic carbocycles. The van der Waals surface area contributed by atoms with Gasteiger partial charge in [-0.3, -0.25) is 14.1 Å². The van der Waals surface area contributed by atoms with E-state index in [9.17, 15) is 4.79 Å². The Balaban J connectivity index is 1.41. The first-order chi connectivity index (χ1) is 17.7. The highest BCUT2D eigenvalue weighted by molar-refractivity contribution is 5.68. The van der Waals surface area contributed by atoms with Crippen molar-refractivity contribution in [3.8, 4) is 16.9 Å². The Bertz CT molecular complexity index is 1450. The lowest BCUT2D eigenvalue weighted by Gasteiger charge is -2.10. The van der Waals surface area contributed by atoms with Crippen molar-refractivity contribution in [1.82, 2.24) is 34.3 Å². The van der Waals surface area contributed by atoms with Gasteiger partial charge in [-0.1, -0.05) is 74.4 Å². The number of aryl methyl sites for hydroxylation is 1. The monoisotopic (exact) mass is 479 g/mol. The van der Waals surface area contributed by atoms with Gasteiger partial charge in [-0.05, 0) is 46.5 Å². The minimum atomic E-state index is 0.0279. The van der Waals surface area contributed by atoms with Gasteiger partial charge in [0.1, 0.15) is 6.33 Å². The minimum absolute atomic E-state index is 0.0279. The molecule has 0 N–H and O–H groups in total. The summed E-state index contributed by atoms with van der Waals surface area (Å²) in [5.74, 6) is 0. The van der Waals surface area contributed by atoms with Crippen molar-refractivity contribution in [2.24, 2.45) is 0 Å². The molecule has 36 heavy (non-hydrogen) atoms. The summed E-state index contributed by atoms with van der Waals surface area (Å²) in [4.78, 5) is 17.9. The molecule has 182 valence electrons. The maximum absolute atomic E-state index is 13.4. The highest BCUT2D eigenvalue weighted by atomic mass is 16.1. The summed E-state index contributed by atoms with van der Waals surface area (Å²) >= 11 is 0. The van der Waals surface area contributed by atoms with Crippen LogP contribution in [-0.4, -0.2) is 34.3 Å². The van der Waals surface area contributed by atoms with Gasteiger partial charge in [0.15, 0.2) is 0 Å². The summed E-state index contributed by atoms with van der Waals surface area (Å²) in [6.07, 6.45) is 9.62. The van der Waals surface area contributed by atoms with Gasteiger partial charge in [0.2, 0.25) is 0 Å². The summed E-state index contributed by atoms with van der Waals surface area (Å²) in [5.41, 5.74) is 5.86. The number of rotatable bonds is 10. The van der Waals surface area contributed by atoms with Crippen LogP contribution >= 0.6 is 0 Å². The van der Waals surface area contributed by atoms with Gasteiger partial charge in [0.05, 0.1) is 24.5 Å². The van der Waals surface area contributed by atoms with Crippen LogP contribution in [0.5, 0.6) is 0 Å². The van der Waals surface area contributed by atoms with E-state index in [1.807, 2.05) is 57.8 Å². The van der Waals surface area contributed by atoms with E-state index in [0.29, 0.717) is 13.1 Å². The van der Waals surface area contributed by atoms with E-state index in [0.717, 1.165) is 59.4 Å². The molecule has 5 aromatic rings. The lowest BCUT2D eigenvalue weighted by Crippen LogP contribution is -2.26. The molecule has 0 saturated heterocycles. The summed E-state index contributed by atoms with van der Waals surface area (Å²) in [7, 11) is 0. The second kappa shape index (κ2) is 10.9. The molecule has 0 aliphatic carbocycles. The van der Waals surface area contributed by atoms with Crippen molar-refractivity contribution < 1.29 is 0 Å². The lowest BCUT2D eigenvalue weighted by molar-refractivity contribution is 0.643. The third kappa shape index (κ3) is 5.17. The summed E-state index contributed by atoms with van der Waals surface area (Å²) < 4.78 is 5.35. The average Bonchev–Trinajstić information content (AvgIpc) is 3.55. The van der Waals surface area contributed by atoms with Crippen molar-refractivity contribution in [3.63, 3.8) is 0 Å². The fourth-order valence-electron chi connectivity index (χ4n) is 4.43. The second-order valence-corrected chi connectivity index (χ2v) is 8.88. The lowest BCUT2D eigenvalue weighted by atomic mass is 10.1. The zero-order valence-corrected chi connectivity index (χ0v) is 20.4. The Hall–Kier alpha value is -4.33. The number of hydrogen-bond donors (Lipinski definition) is 0. The molecule has 0 unspecified atom stereocenters. The number of pyridine rings is 1. The number of unbranched alkanes of at least 4 members (excludes halogenated alkanes) is 2. The third-order valence-electron chi connectivity index (χ3n) is 6.31. The van der Waals surface area contributed by atoms with Gasteiger partial charge in [0.25, 0.3) is 0 Å². The molecule has 0 aliphatic rings. The Morgan fingerprint density at radius 3 is 2.42 bits per heavy atom. The molecule has 0 spiro atoms. The van der Waals surface area contributed by atoms with E-state index in [1.165, 1.54) is 0 Å². The Morgan fingerprint density at radius 2 is 1.67 bits per heavy atom. The molecular weight excluding hydrogens is 450 g/mol. The van der Waals surface area contributed by atoms with E-state index in [4.69, 9.17) is 0 Å². The van der Waals surface area contributed by atoms with Crippen molar-refractivity contribution in [3.05, 3.63) is 113 Å². The normalized spacial score (nSPS) is 11.1. The Kier molecular flexibility index (Phi) is 7.12. The second-order valence-electron chi connectivity index (χ2n) is 8.88. The number of benzene rings is 2. The molecule has 3 heterocycles. The van der Waals surface area contributed by atoms with Gasteiger partial charge in [-0.25, -0.2) is 4.79 Å². The number of imidazole rings is 1. The topological polar surface area (TPSA) is 83.4 Å². The van der Waals surface area contributed by atoms with Crippen molar-refractivity contribution in [2.75, 3.05) is 0 Å². The standard InChI is InChI=1S/C28H29N7O/c1-2-3-5-11-25-20-33(18-22-9-6-4-7-10-22)28(36)34(25)19-23-13-15-24(16-14-23)27-26(12-8-17-29-27)35-21-30-31-32-35/h4,6-10,12-17,20-21H,2-3,5,11,18-19H2,1H3. The quantitative estimate of drug-likeness (QED) is 0.275. The molecule has 0 radical (unpaired) electrons. The fraction of sp³-hybridized carbons (Fsp3) is 0.250. The first kappa shape index (κ1) is 23.4. The molecule has 0 amide bonds. The predicted octanol–water partition coefficient (Wildman–Crippen LogP) is 4.52. The van der Waals surface area contributed by atoms with Crippen LogP contribution in [0.25, 0.3) is 16.9 Å². The van der Waals surface area contributed by atoms with Gasteiger partial charge in [-0.2, -0.15) is 4.68 Å². The highest BCUT2D eigenvalue weighted by Gasteiger charge is 2.14. The smallest absolute Gasteiger partial charge is 0.295 e. The molecule has 8 nitrogen and oxygen atoms in total. The van der Waals surface area contributed by atoms with Crippen molar-refractivity contribution >= 4 is 0 Å². The zero-order valence-electron chi connectivity index (χ0n) is 20.4. The third-order valence-corrected chi connectivity index (χ3v) is 6.31. The van der Waals surface area contributed by atoms with Crippen LogP contribution in [-0.2, 0) is 19.5 Å². The molecule has 0 aliphatic heterocycles. The number of tetrazole rings is 1. The molecule has 0 bridgehead atoms. The first-order valence-corrected chi connectivity index (χ1v) is 12.3. The van der Waals surface area contributed by atoms with E-state index in [2.05, 4.69) is 51.7 Å². The zero-order chi connectivity index (χ0) is 24.7. The largest absolute Gasteiger partial charge is 0.328 e. The van der Waals surface area contributed by atoms with Crippen molar-refractivity contribution in [1.29, 1.82) is 0 Å². The predicted molar refractivity (Wildman–Crippen MR) is 139 cm³/mol. The van der Waals surface area contributed by atoms with E-state index < -0.39 is 0 Å². The Morgan fingerprint density at radius 1 is 0.861 bits per heavy atom. The van der Waals surface area contributed by atoms with Crippen LogP contribution < -0.4 is 5.69 Å². The van der Waals surface area contributed by atoms with E-state index in [1.54, 1.807) is 17.2 Å². The van der Waals surface area contributed by atoms with Gasteiger partial charge >= 0.3 is 5.69 Å². The molecule has 0 atom stereocenters.